The van der Waals surface area contributed by atoms with E-state index in [1.54, 1.807) is 0 Å². The third kappa shape index (κ3) is 2.56. The average molecular weight is 194 g/mol. The molecule has 0 N–H and O–H groups in total. The van der Waals surface area contributed by atoms with Crippen LogP contribution < -0.4 is 0 Å². The average Bonchev–Trinajstić information content (AvgIpc) is 2.26. The van der Waals surface area contributed by atoms with Crippen LogP contribution in [0, 0.1) is 0 Å². The molecule has 0 spiro atoms. The van der Waals surface area contributed by atoms with Gasteiger partial charge in [0.15, 0.2) is 0 Å². The van der Waals surface area contributed by atoms with E-state index < -0.39 is 13.0 Å². The lowest BCUT2D eigenvalue weighted by molar-refractivity contribution is 0.148. The molecule has 1 aliphatic heterocycles. The van der Waals surface area contributed by atoms with Gasteiger partial charge in [0.1, 0.15) is 0 Å². The molecule has 76 valence electrons. The van der Waals surface area contributed by atoms with Gasteiger partial charge in [-0.3, -0.25) is 4.90 Å². The summed E-state index contributed by atoms with van der Waals surface area (Å²) in [7, 11) is 1.50. The maximum Gasteiger partial charge on any atom is 0.0444 e. The zero-order valence-electron chi connectivity index (χ0n) is 12.4. The van der Waals surface area contributed by atoms with Crippen molar-refractivity contribution in [2.75, 3.05) is 33.1 Å². The van der Waals surface area contributed by atoms with E-state index in [4.69, 9.17) is 5.48 Å². The highest BCUT2D eigenvalue weighted by Gasteiger charge is 2.13. The summed E-state index contributed by atoms with van der Waals surface area (Å²) in [4.78, 5) is 3.01. The Hall–Kier alpha value is -0.860. The summed E-state index contributed by atoms with van der Waals surface area (Å²) in [6.45, 7) is -2.27. The Balaban J connectivity index is 2.12. The molecule has 0 unspecified atom stereocenters. The van der Waals surface area contributed by atoms with Crippen molar-refractivity contribution in [2.45, 2.75) is 6.54 Å². The van der Waals surface area contributed by atoms with Crippen molar-refractivity contribution < 1.29 is 5.48 Å². The summed E-state index contributed by atoms with van der Waals surface area (Å²) in [6, 6.07) is 9.77. The molecule has 2 heteroatoms. The lowest BCUT2D eigenvalue weighted by Gasteiger charge is -2.32. The van der Waals surface area contributed by atoms with Crippen LogP contribution in [0.3, 0.4) is 0 Å². The Morgan fingerprint density at radius 1 is 1.21 bits per heavy atom. The second-order valence-corrected chi connectivity index (χ2v) is 3.51. The van der Waals surface area contributed by atoms with Crippen LogP contribution >= 0.6 is 0 Å². The van der Waals surface area contributed by atoms with E-state index in [9.17, 15) is 0 Å². The van der Waals surface area contributed by atoms with E-state index >= 15 is 0 Å². The van der Waals surface area contributed by atoms with Crippen LogP contribution in [-0.4, -0.2) is 42.9 Å². The highest BCUT2D eigenvalue weighted by Crippen LogP contribution is 2.06. The smallest absolute Gasteiger partial charge is 0.0444 e. The molecule has 0 bridgehead atoms. The van der Waals surface area contributed by atoms with Crippen molar-refractivity contribution in [1.29, 1.82) is 0 Å². The molecule has 2 rings (SSSR count). The predicted molar refractivity (Wildman–Crippen MR) is 59.2 cm³/mol. The number of piperazine rings is 1. The third-order valence-electron chi connectivity index (χ3n) is 2.31. The van der Waals surface area contributed by atoms with E-state index in [1.807, 2.05) is 35.2 Å². The standard InChI is InChI=1S/C12H18N2/c1-13-7-9-14(10-8-13)11-12-5-3-2-4-6-12/h2-6H,7-11H2,1H3/i7D2,8D2. The molecule has 2 nitrogen and oxygen atoms in total. The molecular formula is C12H18N2. The van der Waals surface area contributed by atoms with Gasteiger partial charge in [0.05, 0.1) is 0 Å². The molecule has 1 fully saturated rings. The van der Waals surface area contributed by atoms with Gasteiger partial charge in [0, 0.05) is 38.1 Å². The van der Waals surface area contributed by atoms with Gasteiger partial charge in [-0.05, 0) is 12.6 Å². The van der Waals surface area contributed by atoms with Crippen molar-refractivity contribution in [3.63, 3.8) is 0 Å². The van der Waals surface area contributed by atoms with E-state index in [-0.39, 0.29) is 13.1 Å². The fourth-order valence-electron chi connectivity index (χ4n) is 1.48. The second kappa shape index (κ2) is 4.58. The van der Waals surface area contributed by atoms with Crippen LogP contribution in [0.1, 0.15) is 11.0 Å². The van der Waals surface area contributed by atoms with E-state index in [0.29, 0.717) is 6.54 Å². The molecule has 0 saturated carbocycles. The summed E-state index contributed by atoms with van der Waals surface area (Å²) in [6.07, 6.45) is 0. The van der Waals surface area contributed by atoms with Gasteiger partial charge in [0.2, 0.25) is 0 Å². The molecule has 1 heterocycles. The molecule has 1 aliphatic rings. The van der Waals surface area contributed by atoms with Crippen LogP contribution in [0.2, 0.25) is 0 Å². The molecule has 0 amide bonds. The Morgan fingerprint density at radius 3 is 2.50 bits per heavy atom. The van der Waals surface area contributed by atoms with Gasteiger partial charge in [-0.2, -0.15) is 0 Å². The van der Waals surface area contributed by atoms with Gasteiger partial charge >= 0.3 is 0 Å². The van der Waals surface area contributed by atoms with Crippen molar-refractivity contribution in [3.8, 4) is 0 Å². The number of rotatable bonds is 2. The zero-order chi connectivity index (χ0) is 13.4. The highest BCUT2D eigenvalue weighted by atomic mass is 15.2. The fourth-order valence-corrected chi connectivity index (χ4v) is 1.48. The van der Waals surface area contributed by atoms with Crippen LogP contribution in [0.4, 0.5) is 0 Å². The second-order valence-electron chi connectivity index (χ2n) is 3.51. The molecule has 0 aliphatic carbocycles. The molecule has 1 aromatic carbocycles. The molecule has 0 aromatic heterocycles. The zero-order valence-corrected chi connectivity index (χ0v) is 8.40. The van der Waals surface area contributed by atoms with Gasteiger partial charge in [-0.1, -0.05) is 30.3 Å². The van der Waals surface area contributed by atoms with E-state index in [0.717, 1.165) is 5.56 Å². The minimum absolute atomic E-state index is 0.220. The van der Waals surface area contributed by atoms with Crippen molar-refractivity contribution >= 4 is 0 Å². The van der Waals surface area contributed by atoms with Gasteiger partial charge in [-0.15, -0.1) is 0 Å². The summed E-state index contributed by atoms with van der Waals surface area (Å²) in [5, 5.41) is 0. The Bertz CT molecular complexity index is 390. The maximum absolute atomic E-state index is 7.89. The topological polar surface area (TPSA) is 6.48 Å². The fraction of sp³-hybridized carbons (Fsp3) is 0.500. The Morgan fingerprint density at radius 2 is 1.86 bits per heavy atom. The summed E-state index contributed by atoms with van der Waals surface area (Å²) in [5.74, 6) is 0. The van der Waals surface area contributed by atoms with Crippen LogP contribution in [0.25, 0.3) is 0 Å². The van der Waals surface area contributed by atoms with Gasteiger partial charge < -0.3 is 4.90 Å². The SMILES string of the molecule is [2H]C1([2H])CN(Cc2ccccc2)CC([2H])([2H])N1C. The van der Waals surface area contributed by atoms with Gasteiger partial charge in [0.25, 0.3) is 0 Å². The summed E-state index contributed by atoms with van der Waals surface area (Å²) in [5.41, 5.74) is 1.08. The lowest BCUT2D eigenvalue weighted by atomic mass is 10.2. The van der Waals surface area contributed by atoms with Crippen LogP contribution in [0.5, 0.6) is 0 Å². The first-order chi connectivity index (χ1) is 8.31. The Kier molecular flexibility index (Phi) is 1.92. The number of likely N-dealkylation sites (N-methyl/N-ethyl adjacent to an activating group) is 1. The minimum Gasteiger partial charge on any atom is -0.304 e. The van der Waals surface area contributed by atoms with E-state index in [2.05, 4.69) is 0 Å². The number of hydrogen-bond donors (Lipinski definition) is 0. The first kappa shape index (κ1) is 5.89. The van der Waals surface area contributed by atoms with Crippen LogP contribution in [-0.2, 0) is 6.54 Å². The van der Waals surface area contributed by atoms with Crippen molar-refractivity contribution in [3.05, 3.63) is 35.9 Å². The first-order valence-electron chi connectivity index (χ1n) is 6.81. The summed E-state index contributed by atoms with van der Waals surface area (Å²) < 4.78 is 31.6. The monoisotopic (exact) mass is 194 g/mol. The van der Waals surface area contributed by atoms with E-state index in [1.165, 1.54) is 11.9 Å². The molecule has 0 atom stereocenters. The number of hydrogen-bond acceptors (Lipinski definition) is 2. The molecule has 1 saturated heterocycles. The first-order valence-corrected chi connectivity index (χ1v) is 4.81. The lowest BCUT2D eigenvalue weighted by Crippen LogP contribution is -2.43. The Labute approximate surface area is 91.8 Å². The third-order valence-corrected chi connectivity index (χ3v) is 2.31. The van der Waals surface area contributed by atoms with Crippen molar-refractivity contribution in [1.82, 2.24) is 9.80 Å². The van der Waals surface area contributed by atoms with Crippen LogP contribution in [0.15, 0.2) is 30.3 Å². The molecule has 14 heavy (non-hydrogen) atoms. The van der Waals surface area contributed by atoms with Crippen molar-refractivity contribution in [2.24, 2.45) is 0 Å². The largest absolute Gasteiger partial charge is 0.304 e. The molecule has 0 radical (unpaired) electrons. The highest BCUT2D eigenvalue weighted by molar-refractivity contribution is 5.14. The normalized spacial score (nSPS) is 31.2. The minimum atomic E-state index is -1.64. The number of nitrogens with zero attached hydrogens (tertiary/aromatic N) is 2. The maximum atomic E-state index is 7.89. The number of benzene rings is 1. The molecular weight excluding hydrogens is 172 g/mol. The molecule has 1 aromatic rings. The summed E-state index contributed by atoms with van der Waals surface area (Å²) >= 11 is 0. The predicted octanol–water partition coefficient (Wildman–Crippen LogP) is 1.43. The quantitative estimate of drug-likeness (QED) is 0.703. The van der Waals surface area contributed by atoms with Gasteiger partial charge in [-0.25, -0.2) is 0 Å².